The fourth-order valence-corrected chi connectivity index (χ4v) is 4.53. The van der Waals surface area contributed by atoms with Crippen LogP contribution in [0.5, 0.6) is 0 Å². The SMILES string of the molecule is O=C(O)c1ccc2cocc2c1.c1ccc2c(c1)C[Se]C2. The van der Waals surface area contributed by atoms with Gasteiger partial charge >= 0.3 is 67.0 Å². The zero-order valence-corrected chi connectivity index (χ0v) is 13.0. The second-order valence-corrected chi connectivity index (χ2v) is 6.85. The van der Waals surface area contributed by atoms with E-state index in [0.717, 1.165) is 25.7 Å². The second-order valence-electron chi connectivity index (χ2n) is 4.78. The minimum absolute atomic E-state index is 0.281. The molecule has 106 valence electrons. The van der Waals surface area contributed by atoms with Gasteiger partial charge in [-0.1, -0.05) is 6.07 Å². The zero-order chi connectivity index (χ0) is 14.7. The molecule has 2 aromatic carbocycles. The first-order chi connectivity index (χ1) is 10.2. The predicted octanol–water partition coefficient (Wildman–Crippen LogP) is 3.54. The van der Waals surface area contributed by atoms with Crippen LogP contribution in [0.2, 0.25) is 0 Å². The number of aromatic carboxylic acids is 1. The van der Waals surface area contributed by atoms with E-state index in [4.69, 9.17) is 9.52 Å². The molecule has 1 aromatic heterocycles. The normalized spacial score (nSPS) is 12.6. The van der Waals surface area contributed by atoms with Crippen LogP contribution in [0.1, 0.15) is 21.5 Å². The first-order valence-electron chi connectivity index (χ1n) is 6.58. The van der Waals surface area contributed by atoms with Crippen molar-refractivity contribution < 1.29 is 14.3 Å². The van der Waals surface area contributed by atoms with Gasteiger partial charge in [0.05, 0.1) is 18.1 Å². The van der Waals surface area contributed by atoms with Crippen LogP contribution in [0.15, 0.2) is 59.4 Å². The van der Waals surface area contributed by atoms with Crippen molar-refractivity contribution in [3.05, 3.63) is 71.7 Å². The first-order valence-corrected chi connectivity index (χ1v) is 9.00. The molecule has 0 unspecified atom stereocenters. The van der Waals surface area contributed by atoms with Gasteiger partial charge in [-0.3, -0.25) is 0 Å². The fourth-order valence-electron chi connectivity index (χ4n) is 2.21. The Kier molecular flexibility index (Phi) is 4.09. The van der Waals surface area contributed by atoms with Gasteiger partial charge in [-0.15, -0.1) is 0 Å². The van der Waals surface area contributed by atoms with E-state index in [1.54, 1.807) is 35.6 Å². The molecule has 3 nitrogen and oxygen atoms in total. The van der Waals surface area contributed by atoms with Crippen molar-refractivity contribution in [1.29, 1.82) is 0 Å². The van der Waals surface area contributed by atoms with Crippen LogP contribution in [0.25, 0.3) is 10.8 Å². The molecule has 0 atom stereocenters. The Morgan fingerprint density at radius 3 is 2.33 bits per heavy atom. The summed E-state index contributed by atoms with van der Waals surface area (Å²) in [5.74, 6) is -0.918. The molecule has 0 spiro atoms. The molecular formula is C17H14O3Se. The molecule has 0 saturated heterocycles. The van der Waals surface area contributed by atoms with Gasteiger partial charge < -0.3 is 9.52 Å². The molecule has 1 aliphatic heterocycles. The van der Waals surface area contributed by atoms with E-state index in [2.05, 4.69) is 24.3 Å². The summed E-state index contributed by atoms with van der Waals surface area (Å²) >= 11 is 0.879. The fraction of sp³-hybridized carbons (Fsp3) is 0.118. The number of benzene rings is 2. The van der Waals surface area contributed by atoms with Gasteiger partial charge in [0.1, 0.15) is 0 Å². The number of carbonyl (C=O) groups is 1. The molecule has 1 aliphatic rings. The number of furan rings is 1. The van der Waals surface area contributed by atoms with Crippen LogP contribution >= 0.6 is 0 Å². The number of rotatable bonds is 1. The molecule has 0 bridgehead atoms. The van der Waals surface area contributed by atoms with Crippen LogP contribution < -0.4 is 0 Å². The molecule has 0 saturated carbocycles. The average molecular weight is 345 g/mol. The quantitative estimate of drug-likeness (QED) is 0.687. The second kappa shape index (κ2) is 6.17. The van der Waals surface area contributed by atoms with Gasteiger partial charge in [0, 0.05) is 10.8 Å². The summed E-state index contributed by atoms with van der Waals surface area (Å²) in [6.45, 7) is 0. The standard InChI is InChI=1S/C9H6O3.C8H8Se/c10-9(11)6-1-2-7-4-12-5-8(7)3-6;1-2-4-8-6-9-5-7(8)3-1/h1-5H,(H,10,11);1-4H,5-6H2. The van der Waals surface area contributed by atoms with E-state index in [9.17, 15) is 4.79 Å². The van der Waals surface area contributed by atoms with Crippen LogP contribution in [0.4, 0.5) is 0 Å². The summed E-state index contributed by atoms with van der Waals surface area (Å²) in [6, 6.07) is 13.7. The summed E-state index contributed by atoms with van der Waals surface area (Å²) in [6.07, 6.45) is 3.11. The Hall–Kier alpha value is -2.03. The van der Waals surface area contributed by atoms with Gasteiger partial charge in [0.15, 0.2) is 0 Å². The number of fused-ring (bicyclic) bond motifs is 2. The molecule has 0 radical (unpaired) electrons. The monoisotopic (exact) mass is 346 g/mol. The molecule has 0 aliphatic carbocycles. The Balaban J connectivity index is 0.000000131. The van der Waals surface area contributed by atoms with Crippen molar-refractivity contribution >= 4 is 31.7 Å². The Labute approximate surface area is 128 Å². The number of carboxylic acids is 1. The molecule has 4 heteroatoms. The molecule has 0 fully saturated rings. The number of carboxylic acid groups (broad SMARTS) is 1. The Morgan fingerprint density at radius 2 is 1.67 bits per heavy atom. The number of hydrogen-bond donors (Lipinski definition) is 1. The van der Waals surface area contributed by atoms with Crippen LogP contribution in [-0.2, 0) is 10.6 Å². The maximum atomic E-state index is 10.5. The summed E-state index contributed by atoms with van der Waals surface area (Å²) in [5, 5.41) is 13.1. The van der Waals surface area contributed by atoms with E-state index < -0.39 is 5.97 Å². The Bertz CT molecular complexity index is 753. The molecule has 4 rings (SSSR count). The van der Waals surface area contributed by atoms with Gasteiger partial charge in [0.25, 0.3) is 0 Å². The Morgan fingerprint density at radius 1 is 1.00 bits per heavy atom. The summed E-state index contributed by atoms with van der Waals surface area (Å²) in [5.41, 5.74) is 3.47. The van der Waals surface area contributed by atoms with E-state index in [1.807, 2.05) is 0 Å². The van der Waals surface area contributed by atoms with E-state index in [1.165, 1.54) is 16.9 Å². The van der Waals surface area contributed by atoms with Crippen molar-refractivity contribution in [2.24, 2.45) is 0 Å². The first kappa shape index (κ1) is 13.9. The number of hydrogen-bond acceptors (Lipinski definition) is 2. The van der Waals surface area contributed by atoms with Gasteiger partial charge in [-0.2, -0.15) is 0 Å². The van der Waals surface area contributed by atoms with Gasteiger partial charge in [-0.25, -0.2) is 4.79 Å². The molecular weight excluding hydrogens is 331 g/mol. The molecule has 2 heterocycles. The van der Waals surface area contributed by atoms with Crippen molar-refractivity contribution in [3.63, 3.8) is 0 Å². The van der Waals surface area contributed by atoms with Crippen molar-refractivity contribution in [2.75, 3.05) is 0 Å². The molecule has 1 N–H and O–H groups in total. The molecule has 21 heavy (non-hydrogen) atoms. The third-order valence-corrected chi connectivity index (χ3v) is 5.52. The van der Waals surface area contributed by atoms with E-state index in [-0.39, 0.29) is 5.56 Å². The average Bonchev–Trinajstić information content (AvgIpc) is 3.15. The minimum atomic E-state index is -0.918. The molecule has 0 amide bonds. The predicted molar refractivity (Wildman–Crippen MR) is 82.8 cm³/mol. The van der Waals surface area contributed by atoms with Crippen molar-refractivity contribution in [3.8, 4) is 0 Å². The van der Waals surface area contributed by atoms with Gasteiger partial charge in [-0.05, 0) is 12.1 Å². The van der Waals surface area contributed by atoms with Crippen LogP contribution in [0, 0.1) is 0 Å². The molecule has 3 aromatic rings. The van der Waals surface area contributed by atoms with E-state index >= 15 is 0 Å². The third-order valence-electron chi connectivity index (χ3n) is 3.36. The third kappa shape index (κ3) is 3.18. The summed E-state index contributed by atoms with van der Waals surface area (Å²) in [4.78, 5) is 10.5. The van der Waals surface area contributed by atoms with Crippen LogP contribution in [-0.4, -0.2) is 26.0 Å². The van der Waals surface area contributed by atoms with E-state index in [0.29, 0.717) is 0 Å². The van der Waals surface area contributed by atoms with Gasteiger partial charge in [0.2, 0.25) is 0 Å². The zero-order valence-electron chi connectivity index (χ0n) is 11.3. The van der Waals surface area contributed by atoms with Crippen molar-refractivity contribution in [1.82, 2.24) is 0 Å². The van der Waals surface area contributed by atoms with Crippen molar-refractivity contribution in [2.45, 2.75) is 10.6 Å². The maximum absolute atomic E-state index is 10.5. The summed E-state index contributed by atoms with van der Waals surface area (Å²) < 4.78 is 4.91. The van der Waals surface area contributed by atoms with Crippen LogP contribution in [0.3, 0.4) is 0 Å². The summed E-state index contributed by atoms with van der Waals surface area (Å²) in [7, 11) is 0. The topological polar surface area (TPSA) is 50.4 Å².